The van der Waals surface area contributed by atoms with Crippen molar-refractivity contribution in [1.82, 2.24) is 9.88 Å². The zero-order valence-electron chi connectivity index (χ0n) is 12.9. The summed E-state index contributed by atoms with van der Waals surface area (Å²) >= 11 is 0. The molecular formula is C18H22N2O2. The standard InChI is InChI=1S/C18H22N2O2/c1-21-18-8-10-20(13-18)12-15-5-4-7-17(11-15)22-14-16-6-2-3-9-19-16/h2-7,9,11,18H,8,10,12-14H2,1H3/t18-/m0/s1. The molecule has 2 heterocycles. The first-order valence-electron chi connectivity index (χ1n) is 7.70. The maximum absolute atomic E-state index is 5.83. The summed E-state index contributed by atoms with van der Waals surface area (Å²) < 4.78 is 11.3. The number of aromatic nitrogens is 1. The van der Waals surface area contributed by atoms with Gasteiger partial charge in [-0.05, 0) is 36.2 Å². The van der Waals surface area contributed by atoms with Gasteiger partial charge in [-0.25, -0.2) is 0 Å². The molecule has 2 aromatic rings. The highest BCUT2D eigenvalue weighted by atomic mass is 16.5. The van der Waals surface area contributed by atoms with Gasteiger partial charge in [0.2, 0.25) is 0 Å². The molecule has 0 bridgehead atoms. The Bertz CT molecular complexity index is 589. The van der Waals surface area contributed by atoms with Crippen LogP contribution in [0.5, 0.6) is 5.75 Å². The van der Waals surface area contributed by atoms with E-state index in [0.717, 1.165) is 37.5 Å². The molecular weight excluding hydrogens is 276 g/mol. The van der Waals surface area contributed by atoms with Gasteiger partial charge in [0.25, 0.3) is 0 Å². The average molecular weight is 298 g/mol. The van der Waals surface area contributed by atoms with Crippen LogP contribution in [0.3, 0.4) is 0 Å². The zero-order valence-corrected chi connectivity index (χ0v) is 12.9. The lowest BCUT2D eigenvalue weighted by molar-refractivity contribution is 0.107. The molecule has 4 nitrogen and oxygen atoms in total. The molecule has 1 aromatic carbocycles. The van der Waals surface area contributed by atoms with E-state index in [0.29, 0.717) is 12.7 Å². The first kappa shape index (κ1) is 15.0. The van der Waals surface area contributed by atoms with Crippen LogP contribution in [-0.2, 0) is 17.9 Å². The van der Waals surface area contributed by atoms with E-state index < -0.39 is 0 Å². The molecule has 4 heteroatoms. The molecule has 1 aliphatic heterocycles. The van der Waals surface area contributed by atoms with Crippen LogP contribution in [0.25, 0.3) is 0 Å². The SMILES string of the molecule is CO[C@H]1CCN(Cc2cccc(OCc3ccccn3)c2)C1. The molecule has 1 saturated heterocycles. The number of methoxy groups -OCH3 is 1. The minimum atomic E-state index is 0.378. The first-order valence-corrected chi connectivity index (χ1v) is 7.70. The molecule has 22 heavy (non-hydrogen) atoms. The Morgan fingerprint density at radius 1 is 1.23 bits per heavy atom. The van der Waals surface area contributed by atoms with E-state index >= 15 is 0 Å². The Balaban J connectivity index is 1.56. The van der Waals surface area contributed by atoms with E-state index in [1.165, 1.54) is 5.56 Å². The van der Waals surface area contributed by atoms with E-state index in [-0.39, 0.29) is 0 Å². The van der Waals surface area contributed by atoms with Gasteiger partial charge in [-0.2, -0.15) is 0 Å². The quantitative estimate of drug-likeness (QED) is 0.821. The summed E-state index contributed by atoms with van der Waals surface area (Å²) in [6.45, 7) is 3.55. The van der Waals surface area contributed by atoms with Crippen molar-refractivity contribution >= 4 is 0 Å². The summed E-state index contributed by atoms with van der Waals surface area (Å²) in [5.41, 5.74) is 2.21. The molecule has 3 rings (SSSR count). The topological polar surface area (TPSA) is 34.6 Å². The Morgan fingerprint density at radius 2 is 2.18 bits per heavy atom. The van der Waals surface area contributed by atoms with E-state index in [9.17, 15) is 0 Å². The smallest absolute Gasteiger partial charge is 0.130 e. The van der Waals surface area contributed by atoms with Crippen LogP contribution in [-0.4, -0.2) is 36.2 Å². The number of ether oxygens (including phenoxy) is 2. The third kappa shape index (κ3) is 4.06. The summed E-state index contributed by atoms with van der Waals surface area (Å²) in [6.07, 6.45) is 3.28. The van der Waals surface area contributed by atoms with Gasteiger partial charge in [-0.1, -0.05) is 18.2 Å². The fourth-order valence-corrected chi connectivity index (χ4v) is 2.77. The van der Waals surface area contributed by atoms with Gasteiger partial charge >= 0.3 is 0 Å². The number of pyridine rings is 1. The van der Waals surface area contributed by atoms with E-state index in [2.05, 4.69) is 22.0 Å². The fraction of sp³-hybridized carbons (Fsp3) is 0.389. The van der Waals surface area contributed by atoms with Crippen molar-refractivity contribution in [2.75, 3.05) is 20.2 Å². The largest absolute Gasteiger partial charge is 0.487 e. The van der Waals surface area contributed by atoms with Crippen LogP contribution >= 0.6 is 0 Å². The first-order chi connectivity index (χ1) is 10.8. The molecule has 1 aromatic heterocycles. The monoisotopic (exact) mass is 298 g/mol. The number of benzene rings is 1. The number of likely N-dealkylation sites (tertiary alicyclic amines) is 1. The third-order valence-electron chi connectivity index (χ3n) is 3.98. The second-order valence-corrected chi connectivity index (χ2v) is 5.64. The van der Waals surface area contributed by atoms with Crippen molar-refractivity contribution in [1.29, 1.82) is 0 Å². The van der Waals surface area contributed by atoms with Gasteiger partial charge in [0, 0.05) is 32.9 Å². The summed E-state index contributed by atoms with van der Waals surface area (Å²) in [6, 6.07) is 14.2. The highest BCUT2D eigenvalue weighted by molar-refractivity contribution is 5.28. The Hall–Kier alpha value is -1.91. The van der Waals surface area contributed by atoms with Crippen LogP contribution in [0, 0.1) is 0 Å². The van der Waals surface area contributed by atoms with Crippen LogP contribution in [0.1, 0.15) is 17.7 Å². The molecule has 0 aliphatic carbocycles. The maximum atomic E-state index is 5.83. The number of hydrogen-bond donors (Lipinski definition) is 0. The maximum Gasteiger partial charge on any atom is 0.130 e. The fourth-order valence-electron chi connectivity index (χ4n) is 2.77. The molecule has 0 radical (unpaired) electrons. The third-order valence-corrected chi connectivity index (χ3v) is 3.98. The predicted octanol–water partition coefficient (Wildman–Crippen LogP) is 2.88. The highest BCUT2D eigenvalue weighted by Crippen LogP contribution is 2.19. The highest BCUT2D eigenvalue weighted by Gasteiger charge is 2.21. The van der Waals surface area contributed by atoms with Gasteiger partial charge in [-0.15, -0.1) is 0 Å². The van der Waals surface area contributed by atoms with Crippen molar-refractivity contribution in [3.63, 3.8) is 0 Å². The summed E-state index contributed by atoms with van der Waals surface area (Å²) in [5, 5.41) is 0. The van der Waals surface area contributed by atoms with Gasteiger partial charge in [-0.3, -0.25) is 9.88 Å². The van der Waals surface area contributed by atoms with Crippen molar-refractivity contribution < 1.29 is 9.47 Å². The van der Waals surface area contributed by atoms with Crippen LogP contribution in [0.2, 0.25) is 0 Å². The zero-order chi connectivity index (χ0) is 15.2. The number of nitrogens with zero attached hydrogens (tertiary/aromatic N) is 2. The lowest BCUT2D eigenvalue weighted by Gasteiger charge is -2.16. The van der Waals surface area contributed by atoms with Gasteiger partial charge in [0.05, 0.1) is 11.8 Å². The molecule has 0 N–H and O–H groups in total. The van der Waals surface area contributed by atoms with Crippen LogP contribution in [0.4, 0.5) is 0 Å². The normalized spacial score (nSPS) is 18.5. The number of hydrogen-bond acceptors (Lipinski definition) is 4. The molecule has 0 spiro atoms. The second-order valence-electron chi connectivity index (χ2n) is 5.64. The van der Waals surface area contributed by atoms with Gasteiger partial charge in [0.1, 0.15) is 12.4 Å². The van der Waals surface area contributed by atoms with Crippen molar-refractivity contribution in [3.8, 4) is 5.75 Å². The average Bonchev–Trinajstić information content (AvgIpc) is 3.02. The van der Waals surface area contributed by atoms with Gasteiger partial charge < -0.3 is 9.47 Å². The molecule has 0 amide bonds. The molecule has 1 atom stereocenters. The predicted molar refractivity (Wildman–Crippen MR) is 85.7 cm³/mol. The summed E-state index contributed by atoms with van der Waals surface area (Å²) in [4.78, 5) is 6.69. The lowest BCUT2D eigenvalue weighted by atomic mass is 10.2. The Morgan fingerprint density at radius 3 is 2.95 bits per heavy atom. The van der Waals surface area contributed by atoms with Gasteiger partial charge in [0.15, 0.2) is 0 Å². The molecule has 1 fully saturated rings. The number of rotatable bonds is 6. The van der Waals surface area contributed by atoms with E-state index in [4.69, 9.17) is 9.47 Å². The lowest BCUT2D eigenvalue weighted by Crippen LogP contribution is -2.22. The van der Waals surface area contributed by atoms with E-state index in [1.807, 2.05) is 30.3 Å². The summed E-state index contributed by atoms with van der Waals surface area (Å²) in [5.74, 6) is 0.894. The molecule has 1 aliphatic rings. The van der Waals surface area contributed by atoms with Crippen molar-refractivity contribution in [2.24, 2.45) is 0 Å². The second kappa shape index (κ2) is 7.38. The van der Waals surface area contributed by atoms with Crippen molar-refractivity contribution in [3.05, 3.63) is 59.9 Å². The minimum absolute atomic E-state index is 0.378. The van der Waals surface area contributed by atoms with E-state index in [1.54, 1.807) is 13.3 Å². The summed E-state index contributed by atoms with van der Waals surface area (Å²) in [7, 11) is 1.79. The Labute approximate surface area is 131 Å². The molecule has 0 unspecified atom stereocenters. The van der Waals surface area contributed by atoms with Crippen LogP contribution < -0.4 is 4.74 Å². The van der Waals surface area contributed by atoms with Crippen molar-refractivity contribution in [2.45, 2.75) is 25.7 Å². The Kier molecular flexibility index (Phi) is 5.03. The molecule has 0 saturated carbocycles. The van der Waals surface area contributed by atoms with Crippen LogP contribution in [0.15, 0.2) is 48.7 Å². The molecule has 116 valence electrons. The minimum Gasteiger partial charge on any atom is -0.487 e.